The van der Waals surface area contributed by atoms with Crippen LogP contribution in [-0.4, -0.2) is 42.4 Å². The molecule has 0 saturated heterocycles. The van der Waals surface area contributed by atoms with Gasteiger partial charge in [0.2, 0.25) is 0 Å². The van der Waals surface area contributed by atoms with Crippen LogP contribution in [0.15, 0.2) is 564 Å². The fourth-order valence-corrected chi connectivity index (χ4v) is 22.8. The highest BCUT2D eigenvalue weighted by atomic mass is 15.0. The van der Waals surface area contributed by atoms with E-state index in [0.717, 1.165) is 124 Å². The highest BCUT2D eigenvalue weighted by Gasteiger charge is 2.25. The average molecular weight is 1910 g/mol. The first-order valence-electron chi connectivity index (χ1n) is 51.2. The van der Waals surface area contributed by atoms with Crippen molar-refractivity contribution >= 4 is 131 Å². The number of benzene rings is 21. The molecule has 0 aliphatic carbocycles. The molecule has 0 saturated carbocycles. The van der Waals surface area contributed by atoms with E-state index >= 15 is 0 Å². The Morgan fingerprint density at radius 2 is 0.233 bits per heavy atom. The van der Waals surface area contributed by atoms with Gasteiger partial charge in [-0.3, -0.25) is 0 Å². The molecule has 9 heteroatoms. The zero-order valence-electron chi connectivity index (χ0n) is 81.7. The Hall–Kier alpha value is -20.1. The van der Waals surface area contributed by atoms with E-state index in [-0.39, 0.29) is 0 Å². The third-order valence-corrected chi connectivity index (χ3v) is 29.7. The van der Waals surface area contributed by atoms with E-state index in [0.29, 0.717) is 0 Å². The highest BCUT2D eigenvalue weighted by Crippen LogP contribution is 2.47. The van der Waals surface area contributed by atoms with Gasteiger partial charge in [0.15, 0.2) is 0 Å². The average Bonchev–Trinajstić information content (AvgIpc) is 1.61. The summed E-state index contributed by atoms with van der Waals surface area (Å²) in [6, 6.07) is 202. The van der Waals surface area contributed by atoms with Gasteiger partial charge in [-0.1, -0.05) is 346 Å². The van der Waals surface area contributed by atoms with E-state index in [9.17, 15) is 0 Å². The number of fused-ring (bicyclic) bond motifs is 18. The minimum absolute atomic E-state index is 0.930. The molecule has 0 aliphatic rings. The third-order valence-electron chi connectivity index (χ3n) is 29.7. The summed E-state index contributed by atoms with van der Waals surface area (Å²) in [5.41, 5.74) is 40.4. The molecule has 0 bridgehead atoms. The van der Waals surface area contributed by atoms with Crippen molar-refractivity contribution in [3.63, 3.8) is 0 Å². The number of nitrogens with zero attached hydrogens (tertiary/aromatic N) is 9. The number of pyridine rings is 3. The quantitative estimate of drug-likeness (QED) is 0.103. The third kappa shape index (κ3) is 15.5. The van der Waals surface area contributed by atoms with Gasteiger partial charge in [0.25, 0.3) is 0 Å². The zero-order valence-corrected chi connectivity index (χ0v) is 81.7. The molecule has 0 atom stereocenters. The highest BCUT2D eigenvalue weighted by molar-refractivity contribution is 6.17. The number of hydrogen-bond donors (Lipinski definition) is 0. The number of hydrogen-bond acceptors (Lipinski definition) is 3. The predicted molar refractivity (Wildman–Crippen MR) is 628 cm³/mol. The van der Waals surface area contributed by atoms with Crippen molar-refractivity contribution < 1.29 is 0 Å². The summed E-state index contributed by atoms with van der Waals surface area (Å²) in [5.74, 6) is 0. The topological polar surface area (TPSA) is 68.2 Å². The summed E-state index contributed by atoms with van der Waals surface area (Å²) in [7, 11) is 0. The Bertz CT molecular complexity index is 9770. The van der Waals surface area contributed by atoms with Crippen molar-refractivity contribution in [3.8, 4) is 135 Å². The van der Waals surface area contributed by atoms with Crippen LogP contribution in [0.3, 0.4) is 0 Å². The van der Waals surface area contributed by atoms with Crippen molar-refractivity contribution in [1.29, 1.82) is 0 Å². The van der Waals surface area contributed by atoms with Gasteiger partial charge < -0.3 is 27.4 Å². The van der Waals surface area contributed by atoms with Gasteiger partial charge in [-0.05, 0) is 252 Å². The molecule has 0 spiro atoms. The fraction of sp³-hybridized carbons (Fsp3) is 0. The smallest absolute Gasteiger partial charge is 0.0715 e. The predicted octanol–water partition coefficient (Wildman–Crippen LogP) is 36.8. The maximum atomic E-state index is 5.54. The standard InChI is InChI=1S/C59H38N4.C47H31N3.C35H24N2/c1-4-16-43(17-5-1)61-54-25-13-10-22-46(54)49-34-39(28-31-57(49)61)42-37-52(40-29-32-58-50(35-40)47-23-11-14-26-55(47)62(58)44-18-6-2-7-19-44)60-53(38-42)41-30-33-59-51(36-41)48-24-12-15-27-56(48)63(59)45-20-8-3-9-21-45;1-4-14-32(15-5-1)42-30-35(33-24-26-46-40(28-33)38-20-10-12-22-44(38)49(46)36-16-6-2-7-17-36)31-43(48-42)34-25-27-47-41(29-34)39-21-11-13-23-45(39)50(47)37-18-8-3-9-19-37;1-4-12-25(13-5-1)32-23-28(24-33(36-32)26-14-6-2-7-15-26)27-20-21-35-31(22-27)30-18-10-11-19-34(30)37(35)29-16-8-3-9-17-29/h1-38H;1-31H;1-24H. The van der Waals surface area contributed by atoms with Crippen molar-refractivity contribution in [2.24, 2.45) is 0 Å². The van der Waals surface area contributed by atoms with E-state index in [2.05, 4.69) is 579 Å². The zero-order chi connectivity index (χ0) is 99.1. The fourth-order valence-electron chi connectivity index (χ4n) is 22.8. The molecule has 0 amide bonds. The van der Waals surface area contributed by atoms with Gasteiger partial charge in [0.05, 0.1) is 100 Å². The van der Waals surface area contributed by atoms with E-state index in [1.165, 1.54) is 142 Å². The van der Waals surface area contributed by atoms with Gasteiger partial charge in [0.1, 0.15) is 0 Å². The van der Waals surface area contributed by atoms with Gasteiger partial charge in [-0.25, -0.2) is 15.0 Å². The summed E-state index contributed by atoms with van der Waals surface area (Å²) in [6.45, 7) is 0. The van der Waals surface area contributed by atoms with Crippen molar-refractivity contribution in [3.05, 3.63) is 564 Å². The van der Waals surface area contributed by atoms with E-state index in [4.69, 9.17) is 15.0 Å². The number of para-hydroxylation sites is 12. The van der Waals surface area contributed by atoms with Crippen LogP contribution in [0.1, 0.15) is 0 Å². The lowest BCUT2D eigenvalue weighted by molar-refractivity contribution is 1.18. The number of rotatable bonds is 15. The summed E-state index contributed by atoms with van der Waals surface area (Å²) in [5, 5.41) is 14.7. The monoisotopic (exact) mass is 1910 g/mol. The van der Waals surface area contributed by atoms with Crippen LogP contribution in [0.4, 0.5) is 0 Å². The lowest BCUT2D eigenvalue weighted by Gasteiger charge is -2.12. The maximum Gasteiger partial charge on any atom is 0.0715 e. The molecule has 0 radical (unpaired) electrons. The van der Waals surface area contributed by atoms with Crippen molar-refractivity contribution in [1.82, 2.24) is 42.4 Å². The van der Waals surface area contributed by atoms with Crippen LogP contribution in [0, 0.1) is 0 Å². The van der Waals surface area contributed by atoms with E-state index in [1.807, 2.05) is 12.1 Å². The van der Waals surface area contributed by atoms with Gasteiger partial charge in [-0.15, -0.1) is 0 Å². The van der Waals surface area contributed by atoms with Crippen LogP contribution in [0.5, 0.6) is 0 Å². The van der Waals surface area contributed by atoms with Crippen LogP contribution in [0.25, 0.3) is 266 Å². The summed E-state index contributed by atoms with van der Waals surface area (Å²) in [4.78, 5) is 15.9. The minimum Gasteiger partial charge on any atom is -0.309 e. The lowest BCUT2D eigenvalue weighted by atomic mass is 9.97. The molecule has 9 nitrogen and oxygen atoms in total. The SMILES string of the molecule is c1ccc(-c2cc(-c3ccc4c(c3)c3ccccc3n4-c3ccccc3)cc(-c3ccc4c(c3)c3ccccc3n4-c3ccccc3)n2)cc1.c1ccc(-c2cc(-c3ccc4c(c3)c3ccccc3n4-c3ccccc3)cc(-c3ccccc3)n2)cc1.c1ccc(-n2c3ccccc3c3cc(-c4cc(-c5ccc6c(c5)c5ccccc5n6-c5ccccc5)nc(-c5ccc6c(c5)c5ccccc5n6-c5ccccc5)c4)ccc32)cc1. The van der Waals surface area contributed by atoms with E-state index in [1.54, 1.807) is 0 Å². The molecular formula is C141H93N9. The first kappa shape index (κ1) is 87.6. The molecule has 21 aromatic carbocycles. The molecular weight excluding hydrogens is 1820 g/mol. The summed E-state index contributed by atoms with van der Waals surface area (Å²) >= 11 is 0. The summed E-state index contributed by atoms with van der Waals surface area (Å²) < 4.78 is 14.2. The Balaban J connectivity index is 0.000000112. The molecule has 702 valence electrons. The van der Waals surface area contributed by atoms with Crippen LogP contribution in [-0.2, 0) is 0 Å². The van der Waals surface area contributed by atoms with Crippen molar-refractivity contribution in [2.45, 2.75) is 0 Å². The Kier molecular flexibility index (Phi) is 21.8. The first-order valence-corrected chi connectivity index (χ1v) is 51.2. The molecule has 30 aromatic rings. The molecule has 0 N–H and O–H groups in total. The Labute approximate surface area is 866 Å². The molecule has 0 fully saturated rings. The van der Waals surface area contributed by atoms with Crippen LogP contribution < -0.4 is 0 Å². The summed E-state index contributed by atoms with van der Waals surface area (Å²) in [6.07, 6.45) is 0. The molecule has 150 heavy (non-hydrogen) atoms. The van der Waals surface area contributed by atoms with Crippen LogP contribution >= 0.6 is 0 Å². The molecule has 0 aliphatic heterocycles. The second-order valence-corrected chi connectivity index (χ2v) is 38.5. The van der Waals surface area contributed by atoms with Gasteiger partial charge >= 0.3 is 0 Å². The van der Waals surface area contributed by atoms with Crippen molar-refractivity contribution in [2.75, 3.05) is 0 Å². The normalized spacial score (nSPS) is 11.6. The molecule has 30 rings (SSSR count). The van der Waals surface area contributed by atoms with Gasteiger partial charge in [0, 0.05) is 132 Å². The van der Waals surface area contributed by atoms with Crippen LogP contribution in [0.2, 0.25) is 0 Å². The second kappa shape index (κ2) is 37.2. The Morgan fingerprint density at radius 3 is 0.420 bits per heavy atom. The molecule has 9 heterocycles. The minimum atomic E-state index is 0.930. The van der Waals surface area contributed by atoms with E-state index < -0.39 is 0 Å². The number of aromatic nitrogens is 9. The molecule has 0 unspecified atom stereocenters. The molecule has 9 aromatic heterocycles. The first-order chi connectivity index (χ1) is 74.4. The maximum absolute atomic E-state index is 5.54. The van der Waals surface area contributed by atoms with Gasteiger partial charge in [-0.2, -0.15) is 0 Å². The lowest BCUT2D eigenvalue weighted by Crippen LogP contribution is -1.94. The largest absolute Gasteiger partial charge is 0.309 e. The Morgan fingerprint density at radius 1 is 0.0933 bits per heavy atom. The second-order valence-electron chi connectivity index (χ2n) is 38.5.